The number of carboxylic acid groups (broad SMARTS) is 1. The molecule has 0 aliphatic rings. The summed E-state index contributed by atoms with van der Waals surface area (Å²) in [6.07, 6.45) is 0.268. The molecule has 0 saturated carbocycles. The van der Waals surface area contributed by atoms with Gasteiger partial charge in [-0.05, 0) is 24.5 Å². The van der Waals surface area contributed by atoms with Gasteiger partial charge in [0.25, 0.3) is 0 Å². The fraction of sp³-hybridized carbons (Fsp3) is 0.467. The van der Waals surface area contributed by atoms with E-state index in [1.54, 1.807) is 0 Å². The Morgan fingerprint density at radius 3 is 2.14 bits per heavy atom. The van der Waals surface area contributed by atoms with Crippen LogP contribution in [0.1, 0.15) is 43.5 Å². The lowest BCUT2D eigenvalue weighted by Gasteiger charge is -2.07. The van der Waals surface area contributed by atoms with Crippen LogP contribution in [-0.4, -0.2) is 31.0 Å². The molecule has 0 aliphatic heterocycles. The summed E-state index contributed by atoms with van der Waals surface area (Å²) in [5.41, 5.74) is 0.332. The normalized spacial score (nSPS) is 11.6. The first-order chi connectivity index (χ1) is 9.72. The van der Waals surface area contributed by atoms with Crippen molar-refractivity contribution < 1.29 is 23.1 Å². The molecule has 116 valence electrons. The fourth-order valence-electron chi connectivity index (χ4n) is 1.72. The molecular weight excluding hydrogens is 292 g/mol. The van der Waals surface area contributed by atoms with Crippen molar-refractivity contribution in [3.8, 4) is 0 Å². The van der Waals surface area contributed by atoms with Crippen LogP contribution in [0.15, 0.2) is 29.2 Å². The number of hydrogen-bond acceptors (Lipinski definition) is 4. The van der Waals surface area contributed by atoms with E-state index in [2.05, 4.69) is 0 Å². The summed E-state index contributed by atoms with van der Waals surface area (Å²) in [5, 5.41) is 8.53. The molecule has 1 aromatic carbocycles. The van der Waals surface area contributed by atoms with Crippen molar-refractivity contribution >= 4 is 21.6 Å². The van der Waals surface area contributed by atoms with E-state index in [4.69, 9.17) is 5.11 Å². The van der Waals surface area contributed by atoms with E-state index < -0.39 is 15.8 Å². The van der Waals surface area contributed by atoms with E-state index in [0.717, 1.165) is 0 Å². The molecule has 0 amide bonds. The fourth-order valence-corrected chi connectivity index (χ4v) is 3.29. The molecule has 0 saturated heterocycles. The maximum atomic E-state index is 12.1. The zero-order chi connectivity index (χ0) is 16.0. The smallest absolute Gasteiger partial charge is 0.303 e. The second kappa shape index (κ2) is 7.36. The molecule has 6 heteroatoms. The Morgan fingerprint density at radius 2 is 1.67 bits per heavy atom. The zero-order valence-electron chi connectivity index (χ0n) is 12.2. The maximum Gasteiger partial charge on any atom is 0.303 e. The highest BCUT2D eigenvalue weighted by Gasteiger charge is 2.16. The lowest BCUT2D eigenvalue weighted by molar-refractivity contribution is -0.136. The van der Waals surface area contributed by atoms with Crippen LogP contribution in [0, 0.1) is 5.92 Å². The molecule has 0 spiro atoms. The number of aliphatic carboxylic acids is 1. The highest BCUT2D eigenvalue weighted by molar-refractivity contribution is 7.91. The third-order valence-electron chi connectivity index (χ3n) is 3.07. The third-order valence-corrected chi connectivity index (χ3v) is 4.83. The molecule has 0 aliphatic carbocycles. The first-order valence-corrected chi connectivity index (χ1v) is 8.45. The number of rotatable bonds is 8. The summed E-state index contributed by atoms with van der Waals surface area (Å²) < 4.78 is 24.1. The van der Waals surface area contributed by atoms with Gasteiger partial charge in [0.15, 0.2) is 15.6 Å². The molecule has 0 unspecified atom stereocenters. The van der Waals surface area contributed by atoms with Crippen LogP contribution in [0.5, 0.6) is 0 Å². The summed E-state index contributed by atoms with van der Waals surface area (Å²) in [4.78, 5) is 22.3. The van der Waals surface area contributed by atoms with E-state index in [9.17, 15) is 18.0 Å². The van der Waals surface area contributed by atoms with Crippen molar-refractivity contribution in [3.63, 3.8) is 0 Å². The Balaban J connectivity index is 2.77. The lowest BCUT2D eigenvalue weighted by atomic mass is 10.1. The number of carboxylic acids is 1. The van der Waals surface area contributed by atoms with Gasteiger partial charge in [-0.15, -0.1) is 0 Å². The van der Waals surface area contributed by atoms with Gasteiger partial charge in [0.05, 0.1) is 17.1 Å². The molecule has 1 aromatic rings. The molecule has 0 fully saturated rings. The van der Waals surface area contributed by atoms with Gasteiger partial charge in [0.2, 0.25) is 0 Å². The average Bonchev–Trinajstić information content (AvgIpc) is 2.43. The van der Waals surface area contributed by atoms with Crippen molar-refractivity contribution in [2.75, 3.05) is 5.75 Å². The summed E-state index contributed by atoms with van der Waals surface area (Å²) >= 11 is 0. The van der Waals surface area contributed by atoms with E-state index >= 15 is 0 Å². The van der Waals surface area contributed by atoms with Gasteiger partial charge in [-0.3, -0.25) is 9.59 Å². The molecule has 0 atom stereocenters. The summed E-state index contributed by atoms with van der Waals surface area (Å²) in [7, 11) is -3.33. The van der Waals surface area contributed by atoms with Crippen molar-refractivity contribution in [2.45, 2.75) is 38.0 Å². The number of hydrogen-bond donors (Lipinski definition) is 1. The van der Waals surface area contributed by atoms with E-state index in [-0.39, 0.29) is 29.3 Å². The minimum Gasteiger partial charge on any atom is -0.481 e. The number of ketones is 1. The van der Waals surface area contributed by atoms with Crippen LogP contribution in [0.3, 0.4) is 0 Å². The van der Waals surface area contributed by atoms with Crippen LogP contribution >= 0.6 is 0 Å². The van der Waals surface area contributed by atoms with E-state index in [0.29, 0.717) is 17.9 Å². The number of carbonyl (C=O) groups is 2. The van der Waals surface area contributed by atoms with E-state index in [1.807, 2.05) is 13.8 Å². The second-order valence-corrected chi connectivity index (χ2v) is 7.45. The Morgan fingerprint density at radius 1 is 1.10 bits per heavy atom. The van der Waals surface area contributed by atoms with Gasteiger partial charge in [0.1, 0.15) is 0 Å². The first-order valence-electron chi connectivity index (χ1n) is 6.80. The van der Waals surface area contributed by atoms with Gasteiger partial charge < -0.3 is 5.11 Å². The largest absolute Gasteiger partial charge is 0.481 e. The highest BCUT2D eigenvalue weighted by Crippen LogP contribution is 2.16. The topological polar surface area (TPSA) is 88.5 Å². The summed E-state index contributed by atoms with van der Waals surface area (Å²) in [5.74, 6) is -0.951. The second-order valence-electron chi connectivity index (χ2n) is 5.34. The van der Waals surface area contributed by atoms with Crippen molar-refractivity contribution in [1.29, 1.82) is 0 Å². The predicted molar refractivity (Wildman–Crippen MR) is 79.2 cm³/mol. The van der Waals surface area contributed by atoms with Gasteiger partial charge in [0, 0.05) is 12.0 Å². The molecule has 0 aromatic heterocycles. The number of benzene rings is 1. The summed E-state index contributed by atoms with van der Waals surface area (Å²) in [6, 6.07) is 5.69. The predicted octanol–water partition coefficient (Wildman–Crippen LogP) is 2.55. The Hall–Kier alpha value is -1.69. The minimum absolute atomic E-state index is 0.0803. The van der Waals surface area contributed by atoms with E-state index in [1.165, 1.54) is 24.3 Å². The standard InChI is InChI=1S/C15H20O5S/c1-11(2)9-10-21(19,20)13-5-3-12(4-6-13)14(16)7-8-15(17)18/h3-6,11H,7-10H2,1-2H3,(H,17,18). The Labute approximate surface area is 124 Å². The molecule has 0 bridgehead atoms. The SMILES string of the molecule is CC(C)CCS(=O)(=O)c1ccc(C(=O)CCC(=O)O)cc1. The van der Waals surface area contributed by atoms with Gasteiger partial charge in [-0.2, -0.15) is 0 Å². The Kier molecular flexibility index (Phi) is 6.08. The van der Waals surface area contributed by atoms with Crippen molar-refractivity contribution in [2.24, 2.45) is 5.92 Å². The molecule has 1 N–H and O–H groups in total. The van der Waals surface area contributed by atoms with Gasteiger partial charge in [-0.1, -0.05) is 26.0 Å². The quantitative estimate of drug-likeness (QED) is 0.745. The zero-order valence-corrected chi connectivity index (χ0v) is 13.0. The van der Waals surface area contributed by atoms with Crippen molar-refractivity contribution in [1.82, 2.24) is 0 Å². The van der Waals surface area contributed by atoms with Crippen LogP contribution in [0.2, 0.25) is 0 Å². The van der Waals surface area contributed by atoms with Gasteiger partial charge in [-0.25, -0.2) is 8.42 Å². The van der Waals surface area contributed by atoms with Crippen LogP contribution in [0.4, 0.5) is 0 Å². The van der Waals surface area contributed by atoms with Gasteiger partial charge >= 0.3 is 5.97 Å². The number of sulfone groups is 1. The molecule has 5 nitrogen and oxygen atoms in total. The molecular formula is C15H20O5S. The highest BCUT2D eigenvalue weighted by atomic mass is 32.2. The number of Topliss-reactive ketones (excluding diaryl/α,β-unsaturated/α-hetero) is 1. The van der Waals surface area contributed by atoms with Crippen LogP contribution in [-0.2, 0) is 14.6 Å². The Bertz CT molecular complexity index is 599. The minimum atomic E-state index is -3.33. The molecule has 21 heavy (non-hydrogen) atoms. The van der Waals surface area contributed by atoms with Crippen molar-refractivity contribution in [3.05, 3.63) is 29.8 Å². The average molecular weight is 312 g/mol. The first kappa shape index (κ1) is 17.4. The molecule has 0 radical (unpaired) electrons. The van der Waals surface area contributed by atoms with Crippen LogP contribution < -0.4 is 0 Å². The third kappa shape index (κ3) is 5.67. The summed E-state index contributed by atoms with van der Waals surface area (Å²) in [6.45, 7) is 3.92. The maximum absolute atomic E-state index is 12.1. The number of carbonyl (C=O) groups excluding carboxylic acids is 1. The lowest BCUT2D eigenvalue weighted by Crippen LogP contribution is -2.10. The monoisotopic (exact) mass is 312 g/mol. The molecule has 1 rings (SSSR count). The molecule has 0 heterocycles. The van der Waals surface area contributed by atoms with Crippen LogP contribution in [0.25, 0.3) is 0 Å².